The lowest BCUT2D eigenvalue weighted by Gasteiger charge is -2.20. The van der Waals surface area contributed by atoms with Crippen LogP contribution in [0.4, 0.5) is 0 Å². The zero-order valence-electron chi connectivity index (χ0n) is 12.3. The lowest BCUT2D eigenvalue weighted by Crippen LogP contribution is -2.12. The number of nitrogens with zero attached hydrogens (tertiary/aromatic N) is 1. The first-order chi connectivity index (χ1) is 9.38. The maximum Gasteiger partial charge on any atom is 0.303 e. The molecule has 106 valence electrons. The molecule has 0 radical (unpaired) electrons. The van der Waals surface area contributed by atoms with E-state index in [1.807, 2.05) is 12.4 Å². The number of carbonyl (C=O) groups is 1. The van der Waals surface area contributed by atoms with Crippen LogP contribution >= 0.6 is 0 Å². The number of fused-ring (bicyclic) bond motifs is 1. The molecule has 0 aliphatic rings. The van der Waals surface area contributed by atoms with Gasteiger partial charge in [0.05, 0.1) is 0 Å². The Hall–Kier alpha value is -1.90. The molecule has 1 N–H and O–H groups in total. The molecule has 3 nitrogen and oxygen atoms in total. The zero-order chi connectivity index (χ0) is 14.8. The Kier molecular flexibility index (Phi) is 4.07. The first kappa shape index (κ1) is 14.5. The number of hydrogen-bond donors (Lipinski definition) is 1. The van der Waals surface area contributed by atoms with Gasteiger partial charge in [-0.25, -0.2) is 0 Å². The normalized spacial score (nSPS) is 11.8. The number of hydrogen-bond acceptors (Lipinski definition) is 2. The van der Waals surface area contributed by atoms with Gasteiger partial charge in [0.15, 0.2) is 0 Å². The molecule has 20 heavy (non-hydrogen) atoms. The molecule has 0 fully saturated rings. The second kappa shape index (κ2) is 5.61. The summed E-state index contributed by atoms with van der Waals surface area (Å²) in [6.45, 7) is 6.55. The average molecular weight is 271 g/mol. The van der Waals surface area contributed by atoms with Crippen molar-refractivity contribution in [1.82, 2.24) is 4.98 Å². The molecule has 2 aromatic rings. The van der Waals surface area contributed by atoms with Crippen LogP contribution in [0.1, 0.15) is 44.7 Å². The van der Waals surface area contributed by atoms with E-state index < -0.39 is 5.97 Å². The van der Waals surface area contributed by atoms with E-state index in [4.69, 9.17) is 5.11 Å². The van der Waals surface area contributed by atoms with Crippen molar-refractivity contribution >= 4 is 16.7 Å². The number of pyridine rings is 1. The lowest BCUT2D eigenvalue weighted by molar-refractivity contribution is -0.137. The van der Waals surface area contributed by atoms with Gasteiger partial charge >= 0.3 is 5.97 Å². The van der Waals surface area contributed by atoms with Crippen LogP contribution < -0.4 is 0 Å². The number of carboxylic acids is 1. The third-order valence-electron chi connectivity index (χ3n) is 3.49. The quantitative estimate of drug-likeness (QED) is 0.916. The zero-order valence-corrected chi connectivity index (χ0v) is 12.3. The molecule has 0 unspecified atom stereocenters. The molecule has 0 bridgehead atoms. The van der Waals surface area contributed by atoms with E-state index in [2.05, 4.69) is 44.0 Å². The SMILES string of the molecule is CC(C)(C)c1cncc2cc(CCCC(=O)O)ccc12. The maximum absolute atomic E-state index is 10.5. The second-order valence-corrected chi connectivity index (χ2v) is 6.24. The van der Waals surface area contributed by atoms with Crippen LogP contribution in [-0.2, 0) is 16.6 Å². The summed E-state index contributed by atoms with van der Waals surface area (Å²) < 4.78 is 0. The van der Waals surface area contributed by atoms with Crippen LogP contribution in [0, 0.1) is 0 Å². The predicted molar refractivity (Wildman–Crippen MR) is 81.0 cm³/mol. The molecule has 0 aliphatic heterocycles. The van der Waals surface area contributed by atoms with Gasteiger partial charge in [0.25, 0.3) is 0 Å². The summed E-state index contributed by atoms with van der Waals surface area (Å²) in [7, 11) is 0. The summed E-state index contributed by atoms with van der Waals surface area (Å²) >= 11 is 0. The van der Waals surface area contributed by atoms with Crippen molar-refractivity contribution in [3.05, 3.63) is 41.7 Å². The molecule has 0 saturated carbocycles. The summed E-state index contributed by atoms with van der Waals surface area (Å²) in [4.78, 5) is 14.9. The van der Waals surface area contributed by atoms with Crippen LogP contribution in [0.2, 0.25) is 0 Å². The van der Waals surface area contributed by atoms with Crippen LogP contribution in [0.25, 0.3) is 10.8 Å². The predicted octanol–water partition coefficient (Wildman–Crippen LogP) is 3.94. The fraction of sp³-hybridized carbons (Fsp3) is 0.412. The van der Waals surface area contributed by atoms with Crippen molar-refractivity contribution in [1.29, 1.82) is 0 Å². The number of aromatic nitrogens is 1. The standard InChI is InChI=1S/C17H21NO2/c1-17(2,3)15-11-18-10-13-9-12(7-8-14(13)15)5-4-6-16(19)20/h7-11H,4-6H2,1-3H3,(H,19,20). The van der Waals surface area contributed by atoms with Crippen LogP contribution in [0.3, 0.4) is 0 Å². The number of aryl methyl sites for hydroxylation is 1. The van der Waals surface area contributed by atoms with E-state index in [9.17, 15) is 4.79 Å². The molecule has 2 rings (SSSR count). The van der Waals surface area contributed by atoms with Crippen LogP contribution in [0.5, 0.6) is 0 Å². The van der Waals surface area contributed by atoms with Crippen molar-refractivity contribution in [2.45, 2.75) is 45.4 Å². The number of benzene rings is 1. The molecule has 0 saturated heterocycles. The van der Waals surface area contributed by atoms with Gasteiger partial charge < -0.3 is 5.11 Å². The summed E-state index contributed by atoms with van der Waals surface area (Å²) in [5.41, 5.74) is 2.48. The van der Waals surface area contributed by atoms with E-state index >= 15 is 0 Å². The molecule has 1 heterocycles. The van der Waals surface area contributed by atoms with Gasteiger partial charge in [-0.2, -0.15) is 0 Å². The number of rotatable bonds is 4. The Morgan fingerprint density at radius 2 is 2.00 bits per heavy atom. The fourth-order valence-electron chi connectivity index (χ4n) is 2.42. The third kappa shape index (κ3) is 3.35. The minimum Gasteiger partial charge on any atom is -0.481 e. The Morgan fingerprint density at radius 3 is 2.65 bits per heavy atom. The topological polar surface area (TPSA) is 50.2 Å². The number of aliphatic carboxylic acids is 1. The van der Waals surface area contributed by atoms with Gasteiger partial charge in [-0.3, -0.25) is 9.78 Å². The van der Waals surface area contributed by atoms with E-state index in [-0.39, 0.29) is 11.8 Å². The highest BCUT2D eigenvalue weighted by molar-refractivity contribution is 5.86. The summed E-state index contributed by atoms with van der Waals surface area (Å²) in [6.07, 6.45) is 5.51. The maximum atomic E-state index is 10.5. The van der Waals surface area contributed by atoms with E-state index in [0.717, 1.165) is 11.8 Å². The molecule has 1 aromatic heterocycles. The smallest absolute Gasteiger partial charge is 0.303 e. The van der Waals surface area contributed by atoms with E-state index in [1.54, 1.807) is 0 Å². The molecule has 0 spiro atoms. The number of carboxylic acid groups (broad SMARTS) is 1. The Balaban J connectivity index is 2.29. The highest BCUT2D eigenvalue weighted by Crippen LogP contribution is 2.29. The molecule has 3 heteroatoms. The van der Waals surface area contributed by atoms with Gasteiger partial charge in [-0.05, 0) is 40.8 Å². The van der Waals surface area contributed by atoms with Crippen LogP contribution in [-0.4, -0.2) is 16.1 Å². The third-order valence-corrected chi connectivity index (χ3v) is 3.49. The molecule has 0 atom stereocenters. The molecule has 1 aromatic carbocycles. The van der Waals surface area contributed by atoms with Crippen molar-refractivity contribution < 1.29 is 9.90 Å². The fourth-order valence-corrected chi connectivity index (χ4v) is 2.42. The van der Waals surface area contributed by atoms with Crippen molar-refractivity contribution in [2.75, 3.05) is 0 Å². The second-order valence-electron chi connectivity index (χ2n) is 6.24. The Labute approximate surface area is 119 Å². The van der Waals surface area contributed by atoms with Crippen molar-refractivity contribution in [2.24, 2.45) is 0 Å². The van der Waals surface area contributed by atoms with Crippen molar-refractivity contribution in [3.8, 4) is 0 Å². The molecular formula is C17H21NO2. The molecular weight excluding hydrogens is 250 g/mol. The summed E-state index contributed by atoms with van der Waals surface area (Å²) in [6, 6.07) is 6.35. The van der Waals surface area contributed by atoms with Gasteiger partial charge in [0, 0.05) is 24.2 Å². The Morgan fingerprint density at radius 1 is 1.25 bits per heavy atom. The van der Waals surface area contributed by atoms with E-state index in [0.29, 0.717) is 6.42 Å². The van der Waals surface area contributed by atoms with E-state index in [1.165, 1.54) is 16.5 Å². The first-order valence-corrected chi connectivity index (χ1v) is 6.97. The minimum atomic E-state index is -0.734. The summed E-state index contributed by atoms with van der Waals surface area (Å²) in [5, 5.41) is 11.0. The minimum absolute atomic E-state index is 0.0668. The molecule has 0 aliphatic carbocycles. The van der Waals surface area contributed by atoms with Gasteiger partial charge in [0.1, 0.15) is 0 Å². The highest BCUT2D eigenvalue weighted by Gasteiger charge is 2.17. The lowest BCUT2D eigenvalue weighted by atomic mass is 9.85. The van der Waals surface area contributed by atoms with Crippen LogP contribution in [0.15, 0.2) is 30.6 Å². The average Bonchev–Trinajstić information content (AvgIpc) is 2.36. The monoisotopic (exact) mass is 271 g/mol. The largest absolute Gasteiger partial charge is 0.481 e. The van der Waals surface area contributed by atoms with Gasteiger partial charge in [0.2, 0.25) is 0 Å². The van der Waals surface area contributed by atoms with Gasteiger partial charge in [-0.1, -0.05) is 32.9 Å². The Bertz CT molecular complexity index is 626. The van der Waals surface area contributed by atoms with Crippen molar-refractivity contribution in [3.63, 3.8) is 0 Å². The first-order valence-electron chi connectivity index (χ1n) is 6.97. The molecule has 0 amide bonds. The summed E-state index contributed by atoms with van der Waals surface area (Å²) in [5.74, 6) is -0.734. The van der Waals surface area contributed by atoms with Gasteiger partial charge in [-0.15, -0.1) is 0 Å². The highest BCUT2D eigenvalue weighted by atomic mass is 16.4.